The van der Waals surface area contributed by atoms with Crippen molar-refractivity contribution < 1.29 is 0 Å². The molecule has 27 heavy (non-hydrogen) atoms. The van der Waals surface area contributed by atoms with E-state index in [2.05, 4.69) is 44.0 Å². The van der Waals surface area contributed by atoms with Gasteiger partial charge >= 0.3 is 0 Å². The van der Waals surface area contributed by atoms with Crippen LogP contribution in [0.3, 0.4) is 0 Å². The number of nitrogens with zero attached hydrogens (tertiary/aromatic N) is 6. The van der Waals surface area contributed by atoms with Gasteiger partial charge in [-0.1, -0.05) is 0 Å². The summed E-state index contributed by atoms with van der Waals surface area (Å²) in [5, 5.41) is 8.97. The molecule has 1 aliphatic carbocycles. The highest BCUT2D eigenvalue weighted by molar-refractivity contribution is 5.53. The van der Waals surface area contributed by atoms with Crippen LogP contribution >= 0.6 is 0 Å². The molecule has 0 unspecified atom stereocenters. The second kappa shape index (κ2) is 7.43. The fourth-order valence-corrected chi connectivity index (χ4v) is 3.90. The molecule has 2 heterocycles. The Balaban J connectivity index is 1.46. The Bertz CT molecular complexity index is 813. The zero-order valence-corrected chi connectivity index (χ0v) is 16.0. The van der Waals surface area contributed by atoms with E-state index in [0.29, 0.717) is 17.6 Å². The van der Waals surface area contributed by atoms with Crippen molar-refractivity contribution in [2.75, 3.05) is 41.9 Å². The molecule has 2 fully saturated rings. The summed E-state index contributed by atoms with van der Waals surface area (Å²) in [6, 6.07) is 13.4. The maximum Gasteiger partial charge on any atom is 0.134 e. The lowest BCUT2D eigenvalue weighted by atomic mass is 10.0. The SMILES string of the molecule is CN(C)c1cc(N(C2CC2)C2CCN(c3ccc(C#N)cc3)CC2)ncn1. The Morgan fingerprint density at radius 1 is 0.963 bits per heavy atom. The van der Waals surface area contributed by atoms with Crippen LogP contribution in [-0.4, -0.2) is 49.2 Å². The maximum atomic E-state index is 8.97. The fraction of sp³-hybridized carbons (Fsp3) is 0.476. The number of rotatable bonds is 5. The van der Waals surface area contributed by atoms with Crippen LogP contribution in [0.2, 0.25) is 0 Å². The summed E-state index contributed by atoms with van der Waals surface area (Å²) in [5.41, 5.74) is 1.93. The molecule has 1 saturated carbocycles. The van der Waals surface area contributed by atoms with Crippen molar-refractivity contribution in [2.45, 2.75) is 37.8 Å². The van der Waals surface area contributed by atoms with Crippen LogP contribution in [0.15, 0.2) is 36.7 Å². The summed E-state index contributed by atoms with van der Waals surface area (Å²) in [6.07, 6.45) is 6.45. The summed E-state index contributed by atoms with van der Waals surface area (Å²) in [4.78, 5) is 16.0. The van der Waals surface area contributed by atoms with E-state index in [1.54, 1.807) is 6.33 Å². The molecule has 0 bridgehead atoms. The van der Waals surface area contributed by atoms with Gasteiger partial charge in [0.1, 0.15) is 18.0 Å². The van der Waals surface area contributed by atoms with Gasteiger partial charge in [-0.25, -0.2) is 9.97 Å². The van der Waals surface area contributed by atoms with Crippen LogP contribution in [0, 0.1) is 11.3 Å². The average molecular weight is 362 g/mol. The molecule has 0 amide bonds. The zero-order valence-electron chi connectivity index (χ0n) is 16.0. The summed E-state index contributed by atoms with van der Waals surface area (Å²) in [7, 11) is 4.04. The third-order valence-electron chi connectivity index (χ3n) is 5.52. The van der Waals surface area contributed by atoms with E-state index in [1.807, 2.05) is 31.1 Å². The molecule has 0 spiro atoms. The molecule has 140 valence electrons. The van der Waals surface area contributed by atoms with Crippen LogP contribution < -0.4 is 14.7 Å². The van der Waals surface area contributed by atoms with Gasteiger partial charge in [-0.3, -0.25) is 0 Å². The van der Waals surface area contributed by atoms with Gasteiger partial charge in [-0.05, 0) is 49.9 Å². The van der Waals surface area contributed by atoms with Gasteiger partial charge in [-0.15, -0.1) is 0 Å². The van der Waals surface area contributed by atoms with E-state index in [4.69, 9.17) is 5.26 Å². The molecule has 1 saturated heterocycles. The van der Waals surface area contributed by atoms with Crippen molar-refractivity contribution in [2.24, 2.45) is 0 Å². The number of aromatic nitrogens is 2. The van der Waals surface area contributed by atoms with Gasteiger partial charge in [0.15, 0.2) is 0 Å². The van der Waals surface area contributed by atoms with Crippen molar-refractivity contribution in [3.05, 3.63) is 42.2 Å². The van der Waals surface area contributed by atoms with Crippen LogP contribution in [0.5, 0.6) is 0 Å². The predicted octanol–water partition coefficient (Wildman–Crippen LogP) is 3.05. The third kappa shape index (κ3) is 3.82. The second-order valence-corrected chi connectivity index (χ2v) is 7.64. The number of hydrogen-bond donors (Lipinski definition) is 0. The van der Waals surface area contributed by atoms with E-state index in [1.165, 1.54) is 18.5 Å². The lowest BCUT2D eigenvalue weighted by Crippen LogP contribution is -2.46. The molecule has 0 atom stereocenters. The molecule has 0 radical (unpaired) electrons. The fourth-order valence-electron chi connectivity index (χ4n) is 3.90. The molecule has 1 aromatic carbocycles. The van der Waals surface area contributed by atoms with E-state index >= 15 is 0 Å². The van der Waals surface area contributed by atoms with E-state index in [9.17, 15) is 0 Å². The van der Waals surface area contributed by atoms with Crippen molar-refractivity contribution in [3.63, 3.8) is 0 Å². The summed E-state index contributed by atoms with van der Waals surface area (Å²) in [5.74, 6) is 2.02. The quantitative estimate of drug-likeness (QED) is 0.815. The number of hydrogen-bond acceptors (Lipinski definition) is 6. The highest BCUT2D eigenvalue weighted by Gasteiger charge is 2.36. The molecular weight excluding hydrogens is 336 g/mol. The van der Waals surface area contributed by atoms with Gasteiger partial charge < -0.3 is 14.7 Å². The molecule has 0 N–H and O–H groups in total. The van der Waals surface area contributed by atoms with Gasteiger partial charge in [-0.2, -0.15) is 5.26 Å². The largest absolute Gasteiger partial charge is 0.371 e. The molecule has 1 aliphatic heterocycles. The van der Waals surface area contributed by atoms with Crippen LogP contribution in [0.4, 0.5) is 17.3 Å². The smallest absolute Gasteiger partial charge is 0.134 e. The Kier molecular flexibility index (Phi) is 4.85. The highest BCUT2D eigenvalue weighted by Crippen LogP contribution is 2.36. The lowest BCUT2D eigenvalue weighted by Gasteiger charge is -2.40. The molecule has 4 rings (SSSR count). The van der Waals surface area contributed by atoms with Crippen molar-refractivity contribution in [1.82, 2.24) is 9.97 Å². The number of piperidine rings is 1. The first-order valence-corrected chi connectivity index (χ1v) is 9.68. The Morgan fingerprint density at radius 2 is 1.59 bits per heavy atom. The highest BCUT2D eigenvalue weighted by atomic mass is 15.3. The van der Waals surface area contributed by atoms with E-state index in [-0.39, 0.29) is 0 Å². The first-order chi connectivity index (χ1) is 13.2. The average Bonchev–Trinajstić information content (AvgIpc) is 3.54. The Labute approximate surface area is 161 Å². The topological polar surface area (TPSA) is 59.3 Å². The molecule has 6 heteroatoms. The van der Waals surface area contributed by atoms with Crippen molar-refractivity contribution >= 4 is 17.3 Å². The predicted molar refractivity (Wildman–Crippen MR) is 108 cm³/mol. The van der Waals surface area contributed by atoms with Crippen LogP contribution in [-0.2, 0) is 0 Å². The van der Waals surface area contributed by atoms with Crippen molar-refractivity contribution in [3.8, 4) is 6.07 Å². The normalized spacial score (nSPS) is 17.4. The minimum absolute atomic E-state index is 0.525. The van der Waals surface area contributed by atoms with Crippen LogP contribution in [0.1, 0.15) is 31.2 Å². The third-order valence-corrected chi connectivity index (χ3v) is 5.52. The van der Waals surface area contributed by atoms with Gasteiger partial charge in [0.25, 0.3) is 0 Å². The Morgan fingerprint density at radius 3 is 2.19 bits per heavy atom. The minimum atomic E-state index is 0.525. The molecule has 6 nitrogen and oxygen atoms in total. The maximum absolute atomic E-state index is 8.97. The van der Waals surface area contributed by atoms with Crippen molar-refractivity contribution in [1.29, 1.82) is 5.26 Å². The second-order valence-electron chi connectivity index (χ2n) is 7.64. The van der Waals surface area contributed by atoms with Gasteiger partial charge in [0.05, 0.1) is 11.6 Å². The van der Waals surface area contributed by atoms with Gasteiger partial charge in [0, 0.05) is 51.0 Å². The van der Waals surface area contributed by atoms with Crippen LogP contribution in [0.25, 0.3) is 0 Å². The summed E-state index contributed by atoms with van der Waals surface area (Å²) >= 11 is 0. The van der Waals surface area contributed by atoms with E-state index < -0.39 is 0 Å². The molecule has 2 aliphatic rings. The Hall–Kier alpha value is -2.81. The monoisotopic (exact) mass is 362 g/mol. The number of nitriles is 1. The number of anilines is 3. The summed E-state index contributed by atoms with van der Waals surface area (Å²) in [6.45, 7) is 2.07. The lowest BCUT2D eigenvalue weighted by molar-refractivity contribution is 0.459. The van der Waals surface area contributed by atoms with E-state index in [0.717, 1.165) is 37.6 Å². The zero-order chi connectivity index (χ0) is 18.8. The minimum Gasteiger partial charge on any atom is -0.371 e. The first-order valence-electron chi connectivity index (χ1n) is 9.68. The molecular formula is C21H26N6. The summed E-state index contributed by atoms with van der Waals surface area (Å²) < 4.78 is 0. The molecule has 1 aromatic heterocycles. The van der Waals surface area contributed by atoms with Gasteiger partial charge in [0.2, 0.25) is 0 Å². The number of benzene rings is 1. The molecule has 2 aromatic rings. The first kappa shape index (κ1) is 17.6. The standard InChI is InChI=1S/C21H26N6/c1-25(2)20-13-21(24-15-23-20)27(18-7-8-18)19-9-11-26(12-10-19)17-5-3-16(14-22)4-6-17/h3-6,13,15,18-19H,7-12H2,1-2H3.